The molecule has 1 aromatic heterocycles. The van der Waals surface area contributed by atoms with Crippen molar-refractivity contribution < 1.29 is 19.2 Å². The van der Waals surface area contributed by atoms with Crippen LogP contribution in [0.5, 0.6) is 0 Å². The zero-order valence-corrected chi connectivity index (χ0v) is 14.3. The lowest BCUT2D eigenvalue weighted by atomic mass is 10.2. The molecule has 1 atom stereocenters. The van der Waals surface area contributed by atoms with Crippen molar-refractivity contribution in [2.45, 2.75) is 36.8 Å². The number of carbonyl (C=O) groups is 2. The number of aliphatic carboxylic acids is 1. The van der Waals surface area contributed by atoms with Crippen molar-refractivity contribution >= 4 is 23.6 Å². The van der Waals surface area contributed by atoms with Crippen LogP contribution in [0.2, 0.25) is 0 Å². The molecule has 2 rings (SSSR count). The van der Waals surface area contributed by atoms with E-state index in [2.05, 4.69) is 15.5 Å². The van der Waals surface area contributed by atoms with Crippen molar-refractivity contribution in [1.29, 1.82) is 0 Å². The molecule has 1 unspecified atom stereocenters. The Bertz CT molecular complexity index is 717. The molecule has 24 heavy (non-hydrogen) atoms. The molecule has 0 aliphatic rings. The number of carbonyl (C=O) groups excluding carboxylic acids is 1. The van der Waals surface area contributed by atoms with Gasteiger partial charge in [0.1, 0.15) is 5.25 Å². The van der Waals surface area contributed by atoms with Crippen LogP contribution in [0.4, 0.5) is 0 Å². The minimum atomic E-state index is -0.912. The van der Waals surface area contributed by atoms with Crippen LogP contribution < -0.4 is 5.32 Å². The second kappa shape index (κ2) is 8.49. The summed E-state index contributed by atoms with van der Waals surface area (Å²) in [6.45, 7) is 3.81. The third-order valence-electron chi connectivity index (χ3n) is 3.21. The predicted octanol–water partition coefficient (Wildman–Crippen LogP) is 2.31. The summed E-state index contributed by atoms with van der Waals surface area (Å²) in [6, 6.07) is 6.98. The highest BCUT2D eigenvalue weighted by Crippen LogP contribution is 2.26. The van der Waals surface area contributed by atoms with Gasteiger partial charge in [0.05, 0.1) is 5.56 Å². The summed E-state index contributed by atoms with van der Waals surface area (Å²) in [6.07, 6.45) is 1.27. The number of carboxylic acids is 1. The zero-order valence-electron chi connectivity index (χ0n) is 13.5. The number of hydrogen-bond donors (Lipinski definition) is 2. The highest BCUT2D eigenvalue weighted by atomic mass is 32.2. The van der Waals surface area contributed by atoms with Gasteiger partial charge in [0.15, 0.2) is 5.82 Å². The summed E-state index contributed by atoms with van der Waals surface area (Å²) in [5.41, 5.74) is 0.476. The van der Waals surface area contributed by atoms with Crippen molar-refractivity contribution in [2.24, 2.45) is 0 Å². The number of amides is 1. The Kier molecular flexibility index (Phi) is 6.36. The molecule has 1 amide bonds. The van der Waals surface area contributed by atoms with Gasteiger partial charge in [-0.05, 0) is 32.4 Å². The third kappa shape index (κ3) is 5.09. The van der Waals surface area contributed by atoms with Gasteiger partial charge in [-0.3, -0.25) is 9.59 Å². The molecule has 0 saturated heterocycles. The maximum absolute atomic E-state index is 12.3. The molecule has 0 spiro atoms. The van der Waals surface area contributed by atoms with Gasteiger partial charge in [-0.15, -0.1) is 11.8 Å². The number of nitrogens with one attached hydrogen (secondary N) is 1. The summed E-state index contributed by atoms with van der Waals surface area (Å²) in [7, 11) is 0. The first-order valence-electron chi connectivity index (χ1n) is 7.53. The van der Waals surface area contributed by atoms with Gasteiger partial charge >= 0.3 is 5.97 Å². The van der Waals surface area contributed by atoms with Crippen LogP contribution in [0, 0.1) is 6.92 Å². The van der Waals surface area contributed by atoms with Crippen LogP contribution in [0.1, 0.15) is 35.4 Å². The SMILES string of the molecule is Cc1noc(CCCNC(=O)c2ccccc2SC(C)C(=O)O)n1. The van der Waals surface area contributed by atoms with Gasteiger partial charge in [-0.25, -0.2) is 0 Å². The van der Waals surface area contributed by atoms with Crippen LogP contribution in [0.25, 0.3) is 0 Å². The molecule has 0 fully saturated rings. The maximum atomic E-state index is 12.3. The van der Waals surface area contributed by atoms with E-state index in [-0.39, 0.29) is 5.91 Å². The molecule has 0 aliphatic heterocycles. The minimum Gasteiger partial charge on any atom is -0.480 e. The van der Waals surface area contributed by atoms with E-state index < -0.39 is 11.2 Å². The number of benzene rings is 1. The van der Waals surface area contributed by atoms with Gasteiger partial charge in [0.2, 0.25) is 5.89 Å². The summed E-state index contributed by atoms with van der Waals surface area (Å²) in [4.78, 5) is 28.0. The Balaban J connectivity index is 1.88. The number of aromatic nitrogens is 2. The summed E-state index contributed by atoms with van der Waals surface area (Å²) < 4.78 is 5.01. The molecular weight excluding hydrogens is 330 g/mol. The average molecular weight is 349 g/mol. The van der Waals surface area contributed by atoms with Gasteiger partial charge in [0, 0.05) is 17.9 Å². The molecular formula is C16H19N3O4S. The lowest BCUT2D eigenvalue weighted by molar-refractivity contribution is -0.136. The Hall–Kier alpha value is -2.35. The van der Waals surface area contributed by atoms with E-state index >= 15 is 0 Å². The van der Waals surface area contributed by atoms with Crippen LogP contribution in [-0.4, -0.2) is 38.9 Å². The monoisotopic (exact) mass is 349 g/mol. The fourth-order valence-electron chi connectivity index (χ4n) is 1.98. The van der Waals surface area contributed by atoms with E-state index in [1.165, 1.54) is 0 Å². The number of rotatable bonds is 8. The number of nitrogens with zero attached hydrogens (tertiary/aromatic N) is 2. The maximum Gasteiger partial charge on any atom is 0.316 e. The summed E-state index contributed by atoms with van der Waals surface area (Å²) >= 11 is 1.15. The lowest BCUT2D eigenvalue weighted by Crippen LogP contribution is -2.25. The van der Waals surface area contributed by atoms with Crippen LogP contribution >= 0.6 is 11.8 Å². The number of aryl methyl sites for hydroxylation is 2. The van der Waals surface area contributed by atoms with Crippen molar-refractivity contribution in [2.75, 3.05) is 6.54 Å². The normalized spacial score (nSPS) is 11.9. The topological polar surface area (TPSA) is 105 Å². The largest absolute Gasteiger partial charge is 0.480 e. The quantitative estimate of drug-likeness (QED) is 0.556. The molecule has 0 radical (unpaired) electrons. The number of thioether (sulfide) groups is 1. The first kappa shape index (κ1) is 18.0. The van der Waals surface area contributed by atoms with E-state index in [0.717, 1.165) is 11.8 Å². The van der Waals surface area contributed by atoms with Crippen molar-refractivity contribution in [3.8, 4) is 0 Å². The molecule has 0 saturated carbocycles. The number of hydrogen-bond acceptors (Lipinski definition) is 6. The highest BCUT2D eigenvalue weighted by molar-refractivity contribution is 8.00. The molecule has 0 aliphatic carbocycles. The smallest absolute Gasteiger partial charge is 0.316 e. The molecule has 0 bridgehead atoms. The van der Waals surface area contributed by atoms with Crippen molar-refractivity contribution in [3.05, 3.63) is 41.5 Å². The fraction of sp³-hybridized carbons (Fsp3) is 0.375. The second-order valence-corrected chi connectivity index (χ2v) is 6.57. The Labute approximate surface area is 143 Å². The number of carboxylic acid groups (broad SMARTS) is 1. The summed E-state index contributed by atoms with van der Waals surface area (Å²) in [5.74, 6) is 0.00276. The van der Waals surface area contributed by atoms with Gasteiger partial charge in [-0.1, -0.05) is 17.3 Å². The molecule has 128 valence electrons. The summed E-state index contributed by atoms with van der Waals surface area (Å²) in [5, 5.41) is 14.9. The van der Waals surface area contributed by atoms with Crippen molar-refractivity contribution in [1.82, 2.24) is 15.5 Å². The molecule has 7 nitrogen and oxygen atoms in total. The van der Waals surface area contributed by atoms with E-state index in [9.17, 15) is 9.59 Å². The Morgan fingerprint density at radius 3 is 2.79 bits per heavy atom. The van der Waals surface area contributed by atoms with Crippen LogP contribution in [-0.2, 0) is 11.2 Å². The molecule has 8 heteroatoms. The Morgan fingerprint density at radius 2 is 2.12 bits per heavy atom. The standard InChI is InChI=1S/C16H19N3O4S/c1-10(16(21)22)24-13-7-4-3-6-12(13)15(20)17-9-5-8-14-18-11(2)19-23-14/h3-4,6-7,10H,5,8-9H2,1-2H3,(H,17,20)(H,21,22). The average Bonchev–Trinajstić information content (AvgIpc) is 2.97. The van der Waals surface area contributed by atoms with Crippen LogP contribution in [0.3, 0.4) is 0 Å². The highest BCUT2D eigenvalue weighted by Gasteiger charge is 2.17. The van der Waals surface area contributed by atoms with Crippen molar-refractivity contribution in [3.63, 3.8) is 0 Å². The van der Waals surface area contributed by atoms with Gasteiger partial charge in [0.25, 0.3) is 5.91 Å². The molecule has 1 heterocycles. The zero-order chi connectivity index (χ0) is 17.5. The second-order valence-electron chi connectivity index (χ2n) is 5.19. The molecule has 2 N–H and O–H groups in total. The first-order chi connectivity index (χ1) is 11.5. The Morgan fingerprint density at radius 1 is 1.38 bits per heavy atom. The lowest BCUT2D eigenvalue weighted by Gasteiger charge is -2.11. The predicted molar refractivity (Wildman–Crippen MR) is 89.1 cm³/mol. The minimum absolute atomic E-state index is 0.225. The van der Waals surface area contributed by atoms with E-state index in [0.29, 0.717) is 41.6 Å². The molecule has 1 aromatic carbocycles. The molecule has 2 aromatic rings. The first-order valence-corrected chi connectivity index (χ1v) is 8.41. The van der Waals surface area contributed by atoms with E-state index in [4.69, 9.17) is 9.63 Å². The van der Waals surface area contributed by atoms with Crippen LogP contribution in [0.15, 0.2) is 33.7 Å². The van der Waals surface area contributed by atoms with E-state index in [1.54, 1.807) is 38.1 Å². The third-order valence-corrected chi connectivity index (χ3v) is 4.37. The van der Waals surface area contributed by atoms with Gasteiger partial charge in [-0.2, -0.15) is 4.98 Å². The fourth-order valence-corrected chi connectivity index (χ4v) is 2.90. The van der Waals surface area contributed by atoms with E-state index in [1.807, 2.05) is 0 Å². The van der Waals surface area contributed by atoms with Gasteiger partial charge < -0.3 is 14.9 Å².